The molecule has 1 amide bonds. The number of rotatable bonds is 6. The average Bonchev–Trinajstić information content (AvgIpc) is 2.50. The second-order valence-electron chi connectivity index (χ2n) is 7.32. The molecule has 6 nitrogen and oxygen atoms in total. The molecule has 0 radical (unpaired) electrons. The van der Waals surface area contributed by atoms with Crippen LogP contribution in [0.4, 0.5) is 0 Å². The third-order valence-corrected chi connectivity index (χ3v) is 6.06. The second kappa shape index (κ2) is 8.98. The number of carbonyl (C=O) groups is 1. The van der Waals surface area contributed by atoms with Crippen LogP contribution < -0.4 is 11.1 Å². The molecule has 0 spiro atoms. The Bertz CT molecular complexity index is 667. The topological polar surface area (TPSA) is 92.5 Å². The zero-order chi connectivity index (χ0) is 18.7. The highest BCUT2D eigenvalue weighted by molar-refractivity contribution is 7.89. The van der Waals surface area contributed by atoms with Gasteiger partial charge in [-0.3, -0.25) is 4.79 Å². The minimum absolute atomic E-state index is 0. The van der Waals surface area contributed by atoms with E-state index in [1.54, 1.807) is 31.3 Å². The van der Waals surface area contributed by atoms with Crippen molar-refractivity contribution < 1.29 is 13.2 Å². The summed E-state index contributed by atoms with van der Waals surface area (Å²) in [6.45, 7) is 9.66. The van der Waals surface area contributed by atoms with E-state index in [9.17, 15) is 13.2 Å². The highest BCUT2D eigenvalue weighted by Crippen LogP contribution is 2.18. The predicted octanol–water partition coefficient (Wildman–Crippen LogP) is 2.13. The Balaban J connectivity index is 0.00000576. The molecule has 25 heavy (non-hydrogen) atoms. The van der Waals surface area contributed by atoms with Gasteiger partial charge in [-0.05, 0) is 37.0 Å². The third kappa shape index (κ3) is 6.26. The Morgan fingerprint density at radius 3 is 2.08 bits per heavy atom. The van der Waals surface area contributed by atoms with Gasteiger partial charge in [0.05, 0.1) is 10.9 Å². The van der Waals surface area contributed by atoms with E-state index in [4.69, 9.17) is 5.73 Å². The summed E-state index contributed by atoms with van der Waals surface area (Å²) in [5, 5.41) is 2.78. The molecule has 144 valence electrons. The first-order valence-corrected chi connectivity index (χ1v) is 9.41. The number of nitrogens with zero attached hydrogens (tertiary/aromatic N) is 1. The Morgan fingerprint density at radius 1 is 1.20 bits per heavy atom. The maximum atomic E-state index is 12.4. The summed E-state index contributed by atoms with van der Waals surface area (Å²) < 4.78 is 26.1. The van der Waals surface area contributed by atoms with Crippen molar-refractivity contribution in [3.05, 3.63) is 29.8 Å². The molecular weight excluding hydrogens is 362 g/mol. The molecular formula is C17H30ClN3O3S. The summed E-state index contributed by atoms with van der Waals surface area (Å²) in [5.74, 6) is -0.223. The fraction of sp³-hybridized carbons (Fsp3) is 0.588. The Labute approximate surface area is 157 Å². The van der Waals surface area contributed by atoms with Gasteiger partial charge in [-0.2, -0.15) is 4.31 Å². The minimum atomic E-state index is -3.49. The zero-order valence-corrected chi connectivity index (χ0v) is 17.4. The third-order valence-electron chi connectivity index (χ3n) is 4.01. The minimum Gasteiger partial charge on any atom is -0.351 e. The lowest BCUT2D eigenvalue weighted by Crippen LogP contribution is -2.48. The van der Waals surface area contributed by atoms with Crippen LogP contribution in [0, 0.1) is 5.41 Å². The first kappa shape index (κ1) is 23.9. The van der Waals surface area contributed by atoms with Crippen molar-refractivity contribution in [2.45, 2.75) is 58.1 Å². The van der Waals surface area contributed by atoms with Gasteiger partial charge in [0.15, 0.2) is 0 Å². The Kier molecular flexibility index (Phi) is 8.57. The Morgan fingerprint density at radius 2 is 1.68 bits per heavy atom. The number of benzene rings is 1. The molecule has 0 bridgehead atoms. The van der Waals surface area contributed by atoms with Crippen LogP contribution >= 0.6 is 12.4 Å². The number of nitrogens with two attached hydrogens (primary N) is 1. The predicted molar refractivity (Wildman–Crippen MR) is 103 cm³/mol. The molecule has 0 saturated heterocycles. The molecule has 0 fully saturated rings. The number of amides is 1. The molecule has 0 aliphatic rings. The average molecular weight is 392 g/mol. The van der Waals surface area contributed by atoms with Gasteiger partial charge in [0.1, 0.15) is 0 Å². The van der Waals surface area contributed by atoms with E-state index < -0.39 is 16.1 Å². The van der Waals surface area contributed by atoms with Gasteiger partial charge in [0.2, 0.25) is 15.9 Å². The van der Waals surface area contributed by atoms with E-state index in [2.05, 4.69) is 5.32 Å². The number of sulfonamides is 1. The van der Waals surface area contributed by atoms with E-state index in [0.29, 0.717) is 6.54 Å². The summed E-state index contributed by atoms with van der Waals surface area (Å²) in [6, 6.07) is 5.79. The summed E-state index contributed by atoms with van der Waals surface area (Å²) in [5.41, 5.74) is 6.40. The molecule has 1 rings (SSSR count). The first-order valence-electron chi connectivity index (χ1n) is 7.97. The zero-order valence-electron chi connectivity index (χ0n) is 15.7. The molecule has 8 heteroatoms. The first-order chi connectivity index (χ1) is 10.9. The van der Waals surface area contributed by atoms with Gasteiger partial charge in [0, 0.05) is 19.6 Å². The van der Waals surface area contributed by atoms with Crippen molar-refractivity contribution in [3.63, 3.8) is 0 Å². The van der Waals surface area contributed by atoms with Gasteiger partial charge in [-0.25, -0.2) is 8.42 Å². The summed E-state index contributed by atoms with van der Waals surface area (Å²) in [6.07, 6.45) is 0. The smallest absolute Gasteiger partial charge is 0.243 e. The van der Waals surface area contributed by atoms with Gasteiger partial charge in [-0.1, -0.05) is 32.9 Å². The lowest BCUT2D eigenvalue weighted by atomic mass is 9.87. The molecule has 0 aliphatic carbocycles. The van der Waals surface area contributed by atoms with Crippen LogP contribution in [0.25, 0.3) is 0 Å². The highest BCUT2D eigenvalue weighted by Gasteiger charge is 2.27. The summed E-state index contributed by atoms with van der Waals surface area (Å²) in [7, 11) is -1.94. The molecule has 0 heterocycles. The lowest BCUT2D eigenvalue weighted by molar-refractivity contribution is -0.124. The normalized spacial score (nSPS) is 13.5. The molecule has 0 unspecified atom stereocenters. The number of carbonyl (C=O) groups excluding carboxylic acids is 1. The van der Waals surface area contributed by atoms with Crippen molar-refractivity contribution in [2.24, 2.45) is 11.1 Å². The quantitative estimate of drug-likeness (QED) is 0.776. The highest BCUT2D eigenvalue weighted by atomic mass is 35.5. The van der Waals surface area contributed by atoms with Crippen molar-refractivity contribution in [2.75, 3.05) is 7.05 Å². The van der Waals surface area contributed by atoms with Crippen LogP contribution in [-0.2, 0) is 21.4 Å². The summed E-state index contributed by atoms with van der Waals surface area (Å²) in [4.78, 5) is 12.3. The molecule has 0 aromatic heterocycles. The van der Waals surface area contributed by atoms with Crippen LogP contribution in [0.2, 0.25) is 0 Å². The second-order valence-corrected chi connectivity index (χ2v) is 9.32. The Hall–Kier alpha value is -1.15. The number of hydrogen-bond acceptors (Lipinski definition) is 4. The van der Waals surface area contributed by atoms with Crippen LogP contribution in [0.15, 0.2) is 29.2 Å². The number of halogens is 1. The van der Waals surface area contributed by atoms with Crippen LogP contribution in [0.5, 0.6) is 0 Å². The van der Waals surface area contributed by atoms with Gasteiger partial charge >= 0.3 is 0 Å². The standard InChI is InChI=1S/C17H29N3O3S.ClH/c1-12(2)20(6)24(22,23)14-9-7-13(8-10-14)11-19-16(21)15(18)17(3,4)5;/h7-10,12,15H,11,18H2,1-6H3,(H,19,21);1H/t15-;/m1./s1. The van der Waals surface area contributed by atoms with E-state index in [-0.39, 0.29) is 34.7 Å². The van der Waals surface area contributed by atoms with E-state index in [1.165, 1.54) is 4.31 Å². The maximum absolute atomic E-state index is 12.4. The lowest BCUT2D eigenvalue weighted by Gasteiger charge is -2.25. The molecule has 1 aromatic rings. The van der Waals surface area contributed by atoms with E-state index in [1.807, 2.05) is 34.6 Å². The van der Waals surface area contributed by atoms with Gasteiger partial charge < -0.3 is 11.1 Å². The van der Waals surface area contributed by atoms with Crippen molar-refractivity contribution in [1.29, 1.82) is 0 Å². The van der Waals surface area contributed by atoms with Crippen LogP contribution in [0.1, 0.15) is 40.2 Å². The number of nitrogens with one attached hydrogen (secondary N) is 1. The van der Waals surface area contributed by atoms with Crippen molar-refractivity contribution in [1.82, 2.24) is 9.62 Å². The van der Waals surface area contributed by atoms with Crippen LogP contribution in [-0.4, -0.2) is 37.8 Å². The fourth-order valence-electron chi connectivity index (χ4n) is 1.92. The molecule has 1 aromatic carbocycles. The van der Waals surface area contributed by atoms with Crippen LogP contribution in [0.3, 0.4) is 0 Å². The van der Waals surface area contributed by atoms with Crippen molar-refractivity contribution in [3.8, 4) is 0 Å². The molecule has 1 atom stereocenters. The van der Waals surface area contributed by atoms with E-state index >= 15 is 0 Å². The van der Waals surface area contributed by atoms with E-state index in [0.717, 1.165) is 5.56 Å². The van der Waals surface area contributed by atoms with Gasteiger partial charge in [-0.15, -0.1) is 12.4 Å². The fourth-order valence-corrected chi connectivity index (χ4v) is 3.28. The summed E-state index contributed by atoms with van der Waals surface area (Å²) >= 11 is 0. The molecule has 0 aliphatic heterocycles. The molecule has 3 N–H and O–H groups in total. The molecule has 0 saturated carbocycles. The maximum Gasteiger partial charge on any atom is 0.243 e. The van der Waals surface area contributed by atoms with Crippen molar-refractivity contribution >= 4 is 28.3 Å². The SMILES string of the molecule is CC(C)N(C)S(=O)(=O)c1ccc(CNC(=O)[C@@H](N)C(C)(C)C)cc1.Cl. The van der Waals surface area contributed by atoms with Gasteiger partial charge in [0.25, 0.3) is 0 Å². The number of hydrogen-bond donors (Lipinski definition) is 2. The monoisotopic (exact) mass is 391 g/mol. The largest absolute Gasteiger partial charge is 0.351 e.